The Kier molecular flexibility index (Phi) is 4.47. The molecule has 1 fully saturated rings. The first-order valence-electron chi connectivity index (χ1n) is 7.81. The number of hydrogen-bond donors (Lipinski definition) is 0. The van der Waals surface area contributed by atoms with Crippen molar-refractivity contribution in [2.75, 3.05) is 9.80 Å². The van der Waals surface area contributed by atoms with E-state index in [1.807, 2.05) is 31.2 Å². The van der Waals surface area contributed by atoms with E-state index < -0.39 is 11.4 Å². The lowest BCUT2D eigenvalue weighted by Gasteiger charge is -2.29. The Morgan fingerprint density at radius 3 is 2.38 bits per heavy atom. The lowest BCUT2D eigenvalue weighted by molar-refractivity contribution is -0.120. The maximum Gasteiger partial charge on any atom is 0.259 e. The van der Waals surface area contributed by atoms with Crippen LogP contribution < -0.4 is 9.80 Å². The topological polar surface area (TPSA) is 27.9 Å². The number of amides is 1. The van der Waals surface area contributed by atoms with Gasteiger partial charge in [-0.05, 0) is 51.2 Å². The number of nitrogens with zero attached hydrogens (tertiary/aromatic N) is 3. The second-order valence-electron chi connectivity index (χ2n) is 6.50. The number of benzene rings is 2. The standard InChI is InChI=1S/C19H15ClFN3OS/c1-11-5-7-12(8-6-11)24-18(26)23(17(25)19(24,2)3)14-10-9-13(22-4)15(20)16(14)21/h5-10H,1-3H3. The lowest BCUT2D eigenvalue weighted by Crippen LogP contribution is -2.44. The highest BCUT2D eigenvalue weighted by atomic mass is 35.5. The molecular formula is C19H15ClFN3OS. The number of carbonyl (C=O) groups excluding carboxylic acids is 1. The Hall–Kier alpha value is -2.49. The van der Waals surface area contributed by atoms with Crippen molar-refractivity contribution in [1.82, 2.24) is 0 Å². The van der Waals surface area contributed by atoms with Crippen molar-refractivity contribution in [3.05, 3.63) is 64.2 Å². The molecule has 1 aliphatic heterocycles. The highest BCUT2D eigenvalue weighted by molar-refractivity contribution is 7.81. The van der Waals surface area contributed by atoms with Gasteiger partial charge in [-0.3, -0.25) is 9.69 Å². The van der Waals surface area contributed by atoms with Crippen molar-refractivity contribution in [2.24, 2.45) is 0 Å². The highest BCUT2D eigenvalue weighted by Gasteiger charge is 2.51. The molecule has 132 valence electrons. The van der Waals surface area contributed by atoms with E-state index in [9.17, 15) is 9.18 Å². The van der Waals surface area contributed by atoms with Crippen molar-refractivity contribution >= 4 is 51.9 Å². The zero-order chi connectivity index (χ0) is 19.2. The molecule has 2 aromatic carbocycles. The van der Waals surface area contributed by atoms with Crippen LogP contribution in [0, 0.1) is 19.3 Å². The first-order chi connectivity index (χ1) is 12.2. The summed E-state index contributed by atoms with van der Waals surface area (Å²) in [5.41, 5.74) is 0.752. The Bertz CT molecular complexity index is 966. The summed E-state index contributed by atoms with van der Waals surface area (Å²) in [6, 6.07) is 10.3. The van der Waals surface area contributed by atoms with E-state index >= 15 is 0 Å². The largest absolute Gasteiger partial charge is 0.304 e. The highest BCUT2D eigenvalue weighted by Crippen LogP contribution is 2.40. The van der Waals surface area contributed by atoms with E-state index in [4.69, 9.17) is 30.4 Å². The fraction of sp³-hybridized carbons (Fsp3) is 0.211. The van der Waals surface area contributed by atoms with Gasteiger partial charge in [-0.25, -0.2) is 9.24 Å². The molecule has 4 nitrogen and oxygen atoms in total. The van der Waals surface area contributed by atoms with Crippen LogP contribution in [0.15, 0.2) is 36.4 Å². The fourth-order valence-corrected chi connectivity index (χ4v) is 3.64. The third-order valence-electron chi connectivity index (χ3n) is 4.36. The second kappa shape index (κ2) is 6.35. The van der Waals surface area contributed by atoms with Crippen LogP contribution in [0.3, 0.4) is 0 Å². The van der Waals surface area contributed by atoms with E-state index in [0.717, 1.165) is 16.2 Å². The molecule has 2 aromatic rings. The number of anilines is 2. The first-order valence-corrected chi connectivity index (χ1v) is 8.59. The third-order valence-corrected chi connectivity index (χ3v) is 5.09. The number of rotatable bonds is 2. The average Bonchev–Trinajstić information content (AvgIpc) is 2.77. The molecule has 0 bridgehead atoms. The first kappa shape index (κ1) is 18.3. The monoisotopic (exact) mass is 387 g/mol. The van der Waals surface area contributed by atoms with Gasteiger partial charge in [-0.2, -0.15) is 0 Å². The van der Waals surface area contributed by atoms with E-state index in [0.29, 0.717) is 0 Å². The summed E-state index contributed by atoms with van der Waals surface area (Å²) in [5.74, 6) is -1.20. The molecule has 1 aliphatic rings. The molecular weight excluding hydrogens is 373 g/mol. The quantitative estimate of drug-likeness (QED) is 0.520. The molecule has 0 N–H and O–H groups in total. The zero-order valence-electron chi connectivity index (χ0n) is 14.4. The molecule has 0 radical (unpaired) electrons. The number of hydrogen-bond acceptors (Lipinski definition) is 2. The molecule has 1 saturated heterocycles. The zero-order valence-corrected chi connectivity index (χ0v) is 16.0. The summed E-state index contributed by atoms with van der Waals surface area (Å²) in [7, 11) is 0. The van der Waals surface area contributed by atoms with Gasteiger partial charge in [-0.15, -0.1) is 0 Å². The number of thiocarbonyl (C=S) groups is 1. The minimum absolute atomic E-state index is 0.0138. The van der Waals surface area contributed by atoms with Crippen molar-refractivity contribution in [3.8, 4) is 0 Å². The maximum absolute atomic E-state index is 14.7. The molecule has 0 atom stereocenters. The number of halogens is 2. The lowest BCUT2D eigenvalue weighted by atomic mass is 10.0. The van der Waals surface area contributed by atoms with Gasteiger partial charge in [0.2, 0.25) is 5.69 Å². The summed E-state index contributed by atoms with van der Waals surface area (Å²) in [6.07, 6.45) is 0. The van der Waals surface area contributed by atoms with E-state index in [2.05, 4.69) is 4.85 Å². The van der Waals surface area contributed by atoms with Gasteiger partial charge in [0.05, 0.1) is 17.3 Å². The molecule has 1 heterocycles. The summed E-state index contributed by atoms with van der Waals surface area (Å²) >= 11 is 11.4. The predicted molar refractivity (Wildman–Crippen MR) is 105 cm³/mol. The van der Waals surface area contributed by atoms with Crippen LogP contribution in [0.4, 0.5) is 21.5 Å². The molecule has 0 unspecified atom stereocenters. The Morgan fingerprint density at radius 1 is 1.19 bits per heavy atom. The average molecular weight is 388 g/mol. The van der Waals surface area contributed by atoms with Gasteiger partial charge in [0.1, 0.15) is 5.54 Å². The molecule has 3 rings (SSSR count). The fourth-order valence-electron chi connectivity index (χ4n) is 2.92. The van der Waals surface area contributed by atoms with Crippen molar-refractivity contribution < 1.29 is 9.18 Å². The van der Waals surface area contributed by atoms with E-state index in [1.54, 1.807) is 18.7 Å². The summed E-state index contributed by atoms with van der Waals surface area (Å²) in [4.78, 5) is 19.0. The van der Waals surface area contributed by atoms with Crippen LogP contribution in [-0.4, -0.2) is 16.6 Å². The Morgan fingerprint density at radius 2 is 1.81 bits per heavy atom. The smallest absolute Gasteiger partial charge is 0.259 e. The number of carbonyl (C=O) groups is 1. The molecule has 0 saturated carbocycles. The van der Waals surface area contributed by atoms with Crippen LogP contribution in [0.5, 0.6) is 0 Å². The molecule has 7 heteroatoms. The van der Waals surface area contributed by atoms with Crippen molar-refractivity contribution in [3.63, 3.8) is 0 Å². The van der Waals surface area contributed by atoms with Gasteiger partial charge >= 0.3 is 0 Å². The molecule has 1 amide bonds. The van der Waals surface area contributed by atoms with E-state index in [1.165, 1.54) is 12.1 Å². The van der Waals surface area contributed by atoms with E-state index in [-0.39, 0.29) is 27.4 Å². The van der Waals surface area contributed by atoms with Crippen molar-refractivity contribution in [1.29, 1.82) is 0 Å². The van der Waals surface area contributed by atoms with Crippen LogP contribution in [-0.2, 0) is 4.79 Å². The normalized spacial score (nSPS) is 16.2. The minimum Gasteiger partial charge on any atom is -0.304 e. The molecule has 0 aliphatic carbocycles. The second-order valence-corrected chi connectivity index (χ2v) is 7.24. The Balaban J connectivity index is 2.13. The summed E-state index contributed by atoms with van der Waals surface area (Å²) in [5, 5.41) is -0.158. The maximum atomic E-state index is 14.7. The minimum atomic E-state index is -0.996. The van der Waals surface area contributed by atoms with Gasteiger partial charge in [0, 0.05) is 5.69 Å². The van der Waals surface area contributed by atoms with Crippen LogP contribution in [0.25, 0.3) is 4.85 Å². The number of aryl methyl sites for hydroxylation is 1. The summed E-state index contributed by atoms with van der Waals surface area (Å²) < 4.78 is 14.7. The molecule has 0 aromatic heterocycles. The Labute approximate surface area is 161 Å². The molecule has 26 heavy (non-hydrogen) atoms. The molecule has 0 spiro atoms. The van der Waals surface area contributed by atoms with Crippen LogP contribution in [0.2, 0.25) is 5.02 Å². The van der Waals surface area contributed by atoms with Gasteiger partial charge < -0.3 is 4.90 Å². The van der Waals surface area contributed by atoms with Crippen LogP contribution >= 0.6 is 23.8 Å². The third kappa shape index (κ3) is 2.64. The van der Waals surface area contributed by atoms with Crippen LogP contribution in [0.1, 0.15) is 19.4 Å². The van der Waals surface area contributed by atoms with Gasteiger partial charge in [0.15, 0.2) is 10.9 Å². The van der Waals surface area contributed by atoms with Gasteiger partial charge in [0.25, 0.3) is 5.91 Å². The predicted octanol–water partition coefficient (Wildman–Crippen LogP) is 5.26. The SMILES string of the molecule is [C-]#[N+]c1ccc(N2C(=O)C(C)(C)N(c3ccc(C)cc3)C2=S)c(F)c1Cl. The summed E-state index contributed by atoms with van der Waals surface area (Å²) in [6.45, 7) is 12.4. The van der Waals surface area contributed by atoms with Crippen molar-refractivity contribution in [2.45, 2.75) is 26.3 Å². The van der Waals surface area contributed by atoms with Gasteiger partial charge in [-0.1, -0.05) is 35.4 Å².